The van der Waals surface area contributed by atoms with Crippen molar-refractivity contribution in [2.24, 2.45) is 0 Å². The molecule has 1 aliphatic rings. The molecular formula is C47H34. The summed E-state index contributed by atoms with van der Waals surface area (Å²) < 4.78 is 0. The minimum absolute atomic E-state index is 0.0663. The average Bonchev–Trinajstić information content (AvgIpc) is 3.37. The van der Waals surface area contributed by atoms with Crippen molar-refractivity contribution in [3.8, 4) is 55.6 Å². The van der Waals surface area contributed by atoms with Gasteiger partial charge in [0, 0.05) is 5.41 Å². The molecule has 0 nitrogen and oxygen atoms in total. The molecule has 0 spiro atoms. The van der Waals surface area contributed by atoms with Crippen LogP contribution in [0.1, 0.15) is 25.0 Å². The molecule has 0 N–H and O–H groups in total. The number of rotatable bonds is 4. The summed E-state index contributed by atoms with van der Waals surface area (Å²) >= 11 is 0. The van der Waals surface area contributed by atoms with Crippen molar-refractivity contribution in [2.45, 2.75) is 19.3 Å². The summed E-state index contributed by atoms with van der Waals surface area (Å²) in [6.07, 6.45) is 0. The number of fused-ring (bicyclic) bond motifs is 5. The van der Waals surface area contributed by atoms with E-state index in [9.17, 15) is 0 Å². The zero-order valence-corrected chi connectivity index (χ0v) is 26.7. The Morgan fingerprint density at radius 2 is 0.787 bits per heavy atom. The van der Waals surface area contributed by atoms with Gasteiger partial charge in [-0.05, 0) is 94.4 Å². The molecule has 0 radical (unpaired) electrons. The van der Waals surface area contributed by atoms with Crippen LogP contribution >= 0.6 is 0 Å². The van der Waals surface area contributed by atoms with Gasteiger partial charge in [0.25, 0.3) is 0 Å². The monoisotopic (exact) mass is 598 g/mol. The predicted molar refractivity (Wildman–Crippen MR) is 201 cm³/mol. The van der Waals surface area contributed by atoms with E-state index >= 15 is 0 Å². The van der Waals surface area contributed by atoms with Crippen LogP contribution in [0.5, 0.6) is 0 Å². The smallest absolute Gasteiger partial charge is 0.0159 e. The molecule has 0 atom stereocenters. The fraction of sp³-hybridized carbons (Fsp3) is 0.0638. The Morgan fingerprint density at radius 3 is 1.51 bits per heavy atom. The molecule has 8 aromatic rings. The van der Waals surface area contributed by atoms with E-state index in [4.69, 9.17) is 0 Å². The maximum atomic E-state index is 2.43. The Hall–Kier alpha value is -5.72. The Labute approximate surface area is 276 Å². The Kier molecular flexibility index (Phi) is 6.27. The Bertz CT molecular complexity index is 2450. The molecule has 0 fully saturated rings. The zero-order chi connectivity index (χ0) is 31.5. The zero-order valence-electron chi connectivity index (χ0n) is 26.7. The molecule has 47 heavy (non-hydrogen) atoms. The summed E-state index contributed by atoms with van der Waals surface area (Å²) in [4.78, 5) is 0. The molecule has 0 aromatic heterocycles. The summed E-state index contributed by atoms with van der Waals surface area (Å²) in [6.45, 7) is 4.74. The molecule has 0 heteroatoms. The van der Waals surface area contributed by atoms with Gasteiger partial charge >= 0.3 is 0 Å². The van der Waals surface area contributed by atoms with Gasteiger partial charge in [0.15, 0.2) is 0 Å². The second kappa shape index (κ2) is 10.7. The maximum Gasteiger partial charge on any atom is 0.0159 e. The maximum absolute atomic E-state index is 2.43. The SMILES string of the molecule is CC1(C)c2ccccc2-c2c(-c3c4ccccc4c(-c4ccc(-c5ccccc5)cc4)c4ccc(-c5ccccc5)cc34)cccc21. The first-order valence-electron chi connectivity index (χ1n) is 16.5. The Morgan fingerprint density at radius 1 is 0.298 bits per heavy atom. The van der Waals surface area contributed by atoms with Gasteiger partial charge < -0.3 is 0 Å². The molecule has 0 unspecified atom stereocenters. The third-order valence-corrected chi connectivity index (χ3v) is 10.3. The first-order chi connectivity index (χ1) is 23.1. The van der Waals surface area contributed by atoms with Gasteiger partial charge in [0.1, 0.15) is 0 Å². The van der Waals surface area contributed by atoms with Crippen LogP contribution in [0.15, 0.2) is 170 Å². The van der Waals surface area contributed by atoms with Crippen LogP contribution in [0.4, 0.5) is 0 Å². The van der Waals surface area contributed by atoms with Crippen LogP contribution in [0, 0.1) is 0 Å². The third-order valence-electron chi connectivity index (χ3n) is 10.3. The summed E-state index contributed by atoms with van der Waals surface area (Å²) in [6, 6.07) is 62.6. The lowest BCUT2D eigenvalue weighted by Crippen LogP contribution is -2.14. The van der Waals surface area contributed by atoms with Crippen LogP contribution in [0.3, 0.4) is 0 Å². The molecule has 1 aliphatic carbocycles. The molecule has 0 saturated heterocycles. The number of hydrogen-bond donors (Lipinski definition) is 0. The van der Waals surface area contributed by atoms with Crippen molar-refractivity contribution >= 4 is 21.5 Å². The van der Waals surface area contributed by atoms with Gasteiger partial charge in [-0.1, -0.05) is 178 Å². The van der Waals surface area contributed by atoms with Crippen molar-refractivity contribution in [3.05, 3.63) is 181 Å². The summed E-state index contributed by atoms with van der Waals surface area (Å²) in [5, 5.41) is 5.11. The molecule has 0 saturated carbocycles. The third kappa shape index (κ3) is 4.29. The number of benzene rings is 8. The lowest BCUT2D eigenvalue weighted by molar-refractivity contribution is 0.660. The van der Waals surface area contributed by atoms with E-state index in [0.29, 0.717) is 0 Å². The van der Waals surface area contributed by atoms with E-state index in [1.165, 1.54) is 88.3 Å². The van der Waals surface area contributed by atoms with Crippen molar-refractivity contribution in [3.63, 3.8) is 0 Å². The van der Waals surface area contributed by atoms with E-state index < -0.39 is 0 Å². The molecule has 9 rings (SSSR count). The molecule has 8 aromatic carbocycles. The summed E-state index contributed by atoms with van der Waals surface area (Å²) in [7, 11) is 0. The predicted octanol–water partition coefficient (Wildman–Crippen LogP) is 13.0. The standard InChI is InChI=1S/C47H34/c1-47(2)42-22-12-11-20-39(42)46-40(21-13-23-43(46)47)45-37-19-10-9-18-36(37)44(34-26-24-33(25-27-34)31-14-5-3-6-15-31)38-29-28-35(30-41(38)45)32-16-7-4-8-17-32/h3-30H,1-2H3. The van der Waals surface area contributed by atoms with Crippen LogP contribution in [-0.2, 0) is 5.41 Å². The molecule has 222 valence electrons. The molecule has 0 amide bonds. The number of hydrogen-bond acceptors (Lipinski definition) is 0. The molecule has 0 aliphatic heterocycles. The van der Waals surface area contributed by atoms with E-state index in [2.05, 4.69) is 184 Å². The fourth-order valence-electron chi connectivity index (χ4n) is 8.01. The van der Waals surface area contributed by atoms with E-state index in [1.54, 1.807) is 0 Å². The van der Waals surface area contributed by atoms with Gasteiger partial charge in [0.05, 0.1) is 0 Å². The van der Waals surface area contributed by atoms with Crippen molar-refractivity contribution in [1.82, 2.24) is 0 Å². The fourth-order valence-corrected chi connectivity index (χ4v) is 8.01. The highest BCUT2D eigenvalue weighted by Crippen LogP contribution is 2.54. The highest BCUT2D eigenvalue weighted by molar-refractivity contribution is 6.23. The highest BCUT2D eigenvalue weighted by atomic mass is 14.4. The lowest BCUT2D eigenvalue weighted by Gasteiger charge is -2.23. The minimum Gasteiger partial charge on any atom is -0.0622 e. The molecular weight excluding hydrogens is 565 g/mol. The molecule has 0 heterocycles. The first-order valence-corrected chi connectivity index (χ1v) is 16.5. The quantitative estimate of drug-likeness (QED) is 0.177. The van der Waals surface area contributed by atoms with E-state index in [-0.39, 0.29) is 5.41 Å². The van der Waals surface area contributed by atoms with E-state index in [1.807, 2.05) is 0 Å². The van der Waals surface area contributed by atoms with Crippen molar-refractivity contribution < 1.29 is 0 Å². The largest absolute Gasteiger partial charge is 0.0622 e. The van der Waals surface area contributed by atoms with Gasteiger partial charge in [0.2, 0.25) is 0 Å². The van der Waals surface area contributed by atoms with Gasteiger partial charge in [-0.25, -0.2) is 0 Å². The summed E-state index contributed by atoms with van der Waals surface area (Å²) in [5.41, 5.74) is 15.5. The second-order valence-corrected chi connectivity index (χ2v) is 13.3. The normalized spacial score (nSPS) is 13.1. The summed E-state index contributed by atoms with van der Waals surface area (Å²) in [5.74, 6) is 0. The topological polar surface area (TPSA) is 0 Å². The van der Waals surface area contributed by atoms with Crippen LogP contribution in [0.25, 0.3) is 77.2 Å². The van der Waals surface area contributed by atoms with Crippen molar-refractivity contribution in [1.29, 1.82) is 0 Å². The van der Waals surface area contributed by atoms with Gasteiger partial charge in [-0.2, -0.15) is 0 Å². The van der Waals surface area contributed by atoms with Crippen LogP contribution in [-0.4, -0.2) is 0 Å². The lowest BCUT2D eigenvalue weighted by atomic mass is 9.80. The van der Waals surface area contributed by atoms with E-state index in [0.717, 1.165) is 0 Å². The first kappa shape index (κ1) is 27.6. The molecule has 0 bridgehead atoms. The van der Waals surface area contributed by atoms with Crippen LogP contribution < -0.4 is 0 Å². The Balaban J connectivity index is 1.38. The van der Waals surface area contributed by atoms with Crippen molar-refractivity contribution in [2.75, 3.05) is 0 Å². The minimum atomic E-state index is -0.0663. The average molecular weight is 599 g/mol. The van der Waals surface area contributed by atoms with Gasteiger partial charge in [-0.15, -0.1) is 0 Å². The van der Waals surface area contributed by atoms with Crippen LogP contribution in [0.2, 0.25) is 0 Å². The van der Waals surface area contributed by atoms with Gasteiger partial charge in [-0.3, -0.25) is 0 Å². The highest BCUT2D eigenvalue weighted by Gasteiger charge is 2.37. The second-order valence-electron chi connectivity index (χ2n) is 13.3.